The maximum Gasteiger partial charge on any atom is 0.416 e. The van der Waals surface area contributed by atoms with Crippen LogP contribution in [0.1, 0.15) is 94.0 Å². The smallest absolute Gasteiger partial charge is 0.367 e. The number of carbonyl (C=O) groups excluding carboxylic acids is 1. The van der Waals surface area contributed by atoms with Gasteiger partial charge in [0.2, 0.25) is 0 Å². The van der Waals surface area contributed by atoms with Gasteiger partial charge in [-0.2, -0.15) is 13.2 Å². The summed E-state index contributed by atoms with van der Waals surface area (Å²) in [7, 11) is 0. The van der Waals surface area contributed by atoms with Crippen LogP contribution >= 0.6 is 0 Å². The number of rotatable bonds is 11. The van der Waals surface area contributed by atoms with E-state index >= 15 is 0 Å². The Morgan fingerprint density at radius 2 is 1.59 bits per heavy atom. The van der Waals surface area contributed by atoms with E-state index in [4.69, 9.17) is 4.84 Å². The third-order valence-corrected chi connectivity index (χ3v) is 5.58. The zero-order valence-electron chi connectivity index (χ0n) is 20.3. The zero-order chi connectivity index (χ0) is 25.0. The van der Waals surface area contributed by atoms with Crippen LogP contribution in [0.2, 0.25) is 0 Å². The van der Waals surface area contributed by atoms with Crippen LogP contribution in [-0.2, 0) is 22.4 Å². The van der Waals surface area contributed by atoms with E-state index in [-0.39, 0.29) is 0 Å². The number of halogens is 3. The minimum absolute atomic E-state index is 0.299. The van der Waals surface area contributed by atoms with Gasteiger partial charge in [0.05, 0.1) is 18.2 Å². The van der Waals surface area contributed by atoms with E-state index < -0.39 is 23.8 Å². The first kappa shape index (κ1) is 27.5. The Kier molecular flexibility index (Phi) is 11.2. The van der Waals surface area contributed by atoms with E-state index in [9.17, 15) is 18.0 Å². The van der Waals surface area contributed by atoms with Gasteiger partial charge in [0.15, 0.2) is 0 Å². The van der Waals surface area contributed by atoms with Crippen LogP contribution in [0.25, 0.3) is 0 Å². The highest BCUT2D eigenvalue weighted by molar-refractivity contribution is 5.65. The Balaban J connectivity index is 1.97. The average molecular weight is 474 g/mol. The fraction of sp³-hybridized carbons (Fsp3) is 0.464. The van der Waals surface area contributed by atoms with Crippen molar-refractivity contribution in [2.24, 2.45) is 0 Å². The molecule has 0 bridgehead atoms. The second-order valence-corrected chi connectivity index (χ2v) is 8.47. The lowest BCUT2D eigenvalue weighted by molar-refractivity contribution is -0.202. The lowest BCUT2D eigenvalue weighted by Gasteiger charge is -2.27. The van der Waals surface area contributed by atoms with Crippen LogP contribution in [0.4, 0.5) is 13.2 Å². The van der Waals surface area contributed by atoms with E-state index in [1.54, 1.807) is 6.92 Å². The SMILES string of the molecule is CCCCCCCCC#Cc1ccc(CN(OC(C)=O)C(C)c2ccc(C(F)(F)F)cc2)cc1. The highest BCUT2D eigenvalue weighted by Gasteiger charge is 2.30. The van der Waals surface area contributed by atoms with Gasteiger partial charge in [-0.15, -0.1) is 5.06 Å². The second kappa shape index (κ2) is 13.8. The molecule has 0 aromatic heterocycles. The molecule has 0 aliphatic rings. The Hall–Kier alpha value is -2.78. The molecule has 184 valence electrons. The molecule has 0 N–H and O–H groups in total. The number of carbonyl (C=O) groups is 1. The summed E-state index contributed by atoms with van der Waals surface area (Å²) in [5.74, 6) is 5.92. The first-order chi connectivity index (χ1) is 16.2. The molecule has 0 amide bonds. The monoisotopic (exact) mass is 473 g/mol. The van der Waals surface area contributed by atoms with E-state index in [0.717, 1.165) is 36.1 Å². The molecule has 0 aliphatic carbocycles. The van der Waals surface area contributed by atoms with Crippen molar-refractivity contribution in [3.63, 3.8) is 0 Å². The zero-order valence-corrected chi connectivity index (χ0v) is 20.3. The van der Waals surface area contributed by atoms with Gasteiger partial charge >= 0.3 is 12.1 Å². The maximum atomic E-state index is 12.9. The van der Waals surface area contributed by atoms with Crippen LogP contribution in [0, 0.1) is 11.8 Å². The molecule has 0 aliphatic heterocycles. The highest BCUT2D eigenvalue weighted by atomic mass is 19.4. The molecule has 34 heavy (non-hydrogen) atoms. The summed E-state index contributed by atoms with van der Waals surface area (Å²) < 4.78 is 38.6. The molecule has 0 radical (unpaired) electrons. The fourth-order valence-electron chi connectivity index (χ4n) is 3.56. The van der Waals surface area contributed by atoms with Crippen LogP contribution in [0.15, 0.2) is 48.5 Å². The molecular weight excluding hydrogens is 439 g/mol. The molecule has 6 heteroatoms. The molecule has 1 atom stereocenters. The summed E-state index contributed by atoms with van der Waals surface area (Å²) in [5, 5.41) is 1.48. The summed E-state index contributed by atoms with van der Waals surface area (Å²) in [4.78, 5) is 17.0. The predicted molar refractivity (Wildman–Crippen MR) is 128 cm³/mol. The number of hydrogen-bond donors (Lipinski definition) is 0. The maximum absolute atomic E-state index is 12.9. The Morgan fingerprint density at radius 3 is 2.18 bits per heavy atom. The first-order valence-electron chi connectivity index (χ1n) is 11.9. The number of unbranched alkanes of at least 4 members (excludes halogenated alkanes) is 6. The van der Waals surface area contributed by atoms with Crippen molar-refractivity contribution >= 4 is 5.97 Å². The minimum atomic E-state index is -4.39. The molecule has 0 fully saturated rings. The van der Waals surface area contributed by atoms with E-state index in [1.807, 2.05) is 24.3 Å². The number of hydrogen-bond acceptors (Lipinski definition) is 3. The standard InChI is InChI=1S/C28H34F3NO2/c1-4-5-6-7-8-9-10-11-12-24-13-15-25(16-14-24)21-32(34-23(3)33)22(2)26-17-19-27(20-18-26)28(29,30)31/h13-20,22H,4-10,21H2,1-3H3. The quantitative estimate of drug-likeness (QED) is 0.189. The van der Waals surface area contributed by atoms with Gasteiger partial charge in [0, 0.05) is 18.9 Å². The summed E-state index contributed by atoms with van der Waals surface area (Å²) in [5.41, 5.74) is 1.73. The third kappa shape index (κ3) is 9.61. The number of hydroxylamine groups is 2. The Bertz CT molecular complexity index is 941. The molecule has 0 saturated heterocycles. The summed E-state index contributed by atoms with van der Waals surface area (Å²) in [6.07, 6.45) is 3.96. The van der Waals surface area contributed by atoms with Gasteiger partial charge in [-0.25, -0.2) is 0 Å². The lowest BCUT2D eigenvalue weighted by Crippen LogP contribution is -2.29. The molecule has 2 rings (SSSR count). The van der Waals surface area contributed by atoms with Crippen LogP contribution in [-0.4, -0.2) is 11.0 Å². The van der Waals surface area contributed by atoms with Crippen molar-refractivity contribution in [2.75, 3.05) is 0 Å². The molecular formula is C28H34F3NO2. The van der Waals surface area contributed by atoms with Crippen molar-refractivity contribution < 1.29 is 22.8 Å². The van der Waals surface area contributed by atoms with E-state index in [2.05, 4.69) is 18.8 Å². The summed E-state index contributed by atoms with van der Waals surface area (Å²) in [6, 6.07) is 12.2. The van der Waals surface area contributed by atoms with Crippen molar-refractivity contribution in [3.8, 4) is 11.8 Å². The Morgan fingerprint density at radius 1 is 0.971 bits per heavy atom. The molecule has 2 aromatic rings. The van der Waals surface area contributed by atoms with E-state index in [1.165, 1.54) is 56.2 Å². The molecule has 0 heterocycles. The molecule has 1 unspecified atom stereocenters. The van der Waals surface area contributed by atoms with Crippen molar-refractivity contribution in [1.82, 2.24) is 5.06 Å². The van der Waals surface area contributed by atoms with Gasteiger partial charge in [-0.3, -0.25) is 4.79 Å². The largest absolute Gasteiger partial charge is 0.416 e. The van der Waals surface area contributed by atoms with Gasteiger partial charge < -0.3 is 4.84 Å². The number of benzene rings is 2. The van der Waals surface area contributed by atoms with Gasteiger partial charge in [0.25, 0.3) is 0 Å². The molecule has 0 saturated carbocycles. The average Bonchev–Trinajstić information content (AvgIpc) is 2.80. The lowest BCUT2D eigenvalue weighted by atomic mass is 10.0. The Labute approximate surface area is 201 Å². The van der Waals surface area contributed by atoms with Gasteiger partial charge in [-0.1, -0.05) is 75.1 Å². The number of alkyl halides is 3. The predicted octanol–water partition coefficient (Wildman–Crippen LogP) is 7.85. The van der Waals surface area contributed by atoms with Gasteiger partial charge in [0.1, 0.15) is 0 Å². The molecule has 2 aromatic carbocycles. The topological polar surface area (TPSA) is 29.5 Å². The molecule has 3 nitrogen and oxygen atoms in total. The van der Waals surface area contributed by atoms with Crippen LogP contribution < -0.4 is 0 Å². The highest BCUT2D eigenvalue weighted by Crippen LogP contribution is 2.31. The van der Waals surface area contributed by atoms with Crippen LogP contribution in [0.5, 0.6) is 0 Å². The molecule has 0 spiro atoms. The third-order valence-electron chi connectivity index (χ3n) is 5.58. The second-order valence-electron chi connectivity index (χ2n) is 8.47. The van der Waals surface area contributed by atoms with Crippen LogP contribution in [0.3, 0.4) is 0 Å². The van der Waals surface area contributed by atoms with E-state index in [0.29, 0.717) is 12.1 Å². The summed E-state index contributed by atoms with van der Waals surface area (Å²) >= 11 is 0. The van der Waals surface area contributed by atoms with Crippen molar-refractivity contribution in [2.45, 2.75) is 84.5 Å². The first-order valence-corrected chi connectivity index (χ1v) is 11.9. The normalized spacial score (nSPS) is 12.2. The van der Waals surface area contributed by atoms with Crippen molar-refractivity contribution in [1.29, 1.82) is 0 Å². The number of nitrogens with zero attached hydrogens (tertiary/aromatic N) is 1. The fourth-order valence-corrected chi connectivity index (χ4v) is 3.56. The summed E-state index contributed by atoms with van der Waals surface area (Å²) in [6.45, 7) is 5.60. The van der Waals surface area contributed by atoms with Gasteiger partial charge in [-0.05, 0) is 48.7 Å². The minimum Gasteiger partial charge on any atom is -0.367 e. The van der Waals surface area contributed by atoms with Crippen molar-refractivity contribution in [3.05, 3.63) is 70.8 Å².